The van der Waals surface area contributed by atoms with E-state index in [2.05, 4.69) is 11.9 Å². The van der Waals surface area contributed by atoms with Crippen molar-refractivity contribution < 1.29 is 0 Å². The lowest BCUT2D eigenvalue weighted by Gasteiger charge is -2.26. The largest absolute Gasteiger partial charge is 0.261 e. The van der Waals surface area contributed by atoms with E-state index in [1.807, 2.05) is 12.3 Å². The van der Waals surface area contributed by atoms with E-state index >= 15 is 0 Å². The first kappa shape index (κ1) is 9.01. The maximum absolute atomic E-state index is 5.92. The molecule has 0 aromatic carbocycles. The van der Waals surface area contributed by atoms with Crippen molar-refractivity contribution in [1.82, 2.24) is 4.98 Å². The van der Waals surface area contributed by atoms with Crippen LogP contribution >= 0.6 is 11.6 Å². The van der Waals surface area contributed by atoms with E-state index in [9.17, 15) is 0 Å². The van der Waals surface area contributed by atoms with Gasteiger partial charge in [-0.1, -0.05) is 6.42 Å². The van der Waals surface area contributed by atoms with Gasteiger partial charge in [-0.05, 0) is 37.0 Å². The molecular formula is C11H14ClN. The average Bonchev–Trinajstić information content (AvgIpc) is 2.01. The van der Waals surface area contributed by atoms with Gasteiger partial charge in [0, 0.05) is 23.7 Å². The Bertz CT molecular complexity index is 305. The van der Waals surface area contributed by atoms with E-state index in [-0.39, 0.29) is 0 Å². The number of aryl methyl sites for hydroxylation is 1. The first-order chi connectivity index (χ1) is 6.33. The van der Waals surface area contributed by atoms with Crippen molar-refractivity contribution in [2.24, 2.45) is 0 Å². The smallest absolute Gasteiger partial charge is 0.0494 e. The fourth-order valence-electron chi connectivity index (χ4n) is 1.82. The van der Waals surface area contributed by atoms with Crippen molar-refractivity contribution in [3.63, 3.8) is 0 Å². The molecule has 1 aromatic heterocycles. The number of hydrogen-bond donors (Lipinski definition) is 0. The maximum atomic E-state index is 5.92. The van der Waals surface area contributed by atoms with Crippen LogP contribution in [0.25, 0.3) is 0 Å². The minimum Gasteiger partial charge on any atom is -0.261 e. The molecule has 1 saturated carbocycles. The number of rotatable bonds is 2. The van der Waals surface area contributed by atoms with Gasteiger partial charge in [-0.3, -0.25) is 4.98 Å². The molecule has 1 heterocycles. The first-order valence-electron chi connectivity index (χ1n) is 4.83. The van der Waals surface area contributed by atoms with E-state index in [1.165, 1.54) is 36.1 Å². The summed E-state index contributed by atoms with van der Waals surface area (Å²) in [5, 5.41) is 0. The van der Waals surface area contributed by atoms with E-state index < -0.39 is 0 Å². The molecule has 1 nitrogen and oxygen atoms in total. The molecule has 0 amide bonds. The summed E-state index contributed by atoms with van der Waals surface area (Å²) in [6, 6.07) is 2.04. The molecule has 0 saturated heterocycles. The number of alkyl halides is 1. The van der Waals surface area contributed by atoms with Crippen LogP contribution in [0.4, 0.5) is 0 Å². The lowest BCUT2D eigenvalue weighted by Crippen LogP contribution is -2.13. The number of hydrogen-bond acceptors (Lipinski definition) is 1. The van der Waals surface area contributed by atoms with Gasteiger partial charge in [0.1, 0.15) is 0 Å². The van der Waals surface area contributed by atoms with Crippen molar-refractivity contribution in [2.45, 2.75) is 38.0 Å². The zero-order valence-corrected chi connectivity index (χ0v) is 8.64. The molecule has 0 radical (unpaired) electrons. The normalized spacial score (nSPS) is 17.1. The third-order valence-corrected chi connectivity index (χ3v) is 3.22. The van der Waals surface area contributed by atoms with Crippen molar-refractivity contribution in [2.75, 3.05) is 0 Å². The van der Waals surface area contributed by atoms with Crippen LogP contribution in [-0.2, 0) is 5.88 Å². The third kappa shape index (κ3) is 1.58. The quantitative estimate of drug-likeness (QED) is 0.660. The van der Waals surface area contributed by atoms with Gasteiger partial charge in [0.25, 0.3) is 0 Å². The Morgan fingerprint density at radius 1 is 1.54 bits per heavy atom. The molecule has 70 valence electrons. The van der Waals surface area contributed by atoms with Gasteiger partial charge in [-0.25, -0.2) is 0 Å². The van der Waals surface area contributed by atoms with Crippen molar-refractivity contribution in [3.8, 4) is 0 Å². The SMILES string of the molecule is Cc1ccnc(C2CCC2)c1CCl. The van der Waals surface area contributed by atoms with Crippen LogP contribution in [0.2, 0.25) is 0 Å². The molecule has 0 unspecified atom stereocenters. The second-order valence-corrected chi connectivity index (χ2v) is 4.02. The van der Waals surface area contributed by atoms with Gasteiger partial charge in [-0.2, -0.15) is 0 Å². The highest BCUT2D eigenvalue weighted by molar-refractivity contribution is 6.17. The molecule has 0 aliphatic heterocycles. The van der Waals surface area contributed by atoms with Crippen LogP contribution in [0.3, 0.4) is 0 Å². The summed E-state index contributed by atoms with van der Waals surface area (Å²) >= 11 is 5.92. The molecule has 1 aliphatic rings. The van der Waals surface area contributed by atoms with Crippen LogP contribution in [0, 0.1) is 6.92 Å². The second kappa shape index (κ2) is 3.67. The fraction of sp³-hybridized carbons (Fsp3) is 0.545. The summed E-state index contributed by atoms with van der Waals surface area (Å²) in [6.45, 7) is 2.11. The highest BCUT2D eigenvalue weighted by Gasteiger charge is 2.23. The zero-order chi connectivity index (χ0) is 9.26. The number of nitrogens with zero attached hydrogens (tertiary/aromatic N) is 1. The lowest BCUT2D eigenvalue weighted by molar-refractivity contribution is 0.409. The van der Waals surface area contributed by atoms with Crippen molar-refractivity contribution in [1.29, 1.82) is 0 Å². The second-order valence-electron chi connectivity index (χ2n) is 3.75. The molecule has 0 atom stereocenters. The Labute approximate surface area is 84.1 Å². The van der Waals surface area contributed by atoms with Crippen LogP contribution in [0.5, 0.6) is 0 Å². The molecule has 1 fully saturated rings. The third-order valence-electron chi connectivity index (χ3n) is 2.95. The molecule has 1 aromatic rings. The monoisotopic (exact) mass is 195 g/mol. The minimum atomic E-state index is 0.603. The van der Waals surface area contributed by atoms with Crippen LogP contribution in [-0.4, -0.2) is 4.98 Å². The average molecular weight is 196 g/mol. The van der Waals surface area contributed by atoms with Crippen LogP contribution in [0.1, 0.15) is 42.0 Å². The lowest BCUT2D eigenvalue weighted by atomic mass is 9.80. The Morgan fingerprint density at radius 2 is 2.31 bits per heavy atom. The van der Waals surface area contributed by atoms with E-state index in [0.29, 0.717) is 11.8 Å². The predicted octanol–water partition coefficient (Wildman–Crippen LogP) is 3.40. The first-order valence-corrected chi connectivity index (χ1v) is 5.36. The molecule has 0 spiro atoms. The summed E-state index contributed by atoms with van der Waals surface area (Å²) in [7, 11) is 0. The van der Waals surface area contributed by atoms with Crippen molar-refractivity contribution >= 4 is 11.6 Å². The number of pyridine rings is 1. The number of halogens is 1. The number of aromatic nitrogens is 1. The van der Waals surface area contributed by atoms with Gasteiger partial charge >= 0.3 is 0 Å². The molecule has 13 heavy (non-hydrogen) atoms. The van der Waals surface area contributed by atoms with Gasteiger partial charge in [0.15, 0.2) is 0 Å². The Balaban J connectivity index is 2.37. The zero-order valence-electron chi connectivity index (χ0n) is 7.89. The summed E-state index contributed by atoms with van der Waals surface area (Å²) in [4.78, 5) is 4.45. The highest BCUT2D eigenvalue weighted by Crippen LogP contribution is 2.37. The molecule has 2 heteroatoms. The van der Waals surface area contributed by atoms with E-state index in [1.54, 1.807) is 0 Å². The molecule has 1 aliphatic carbocycles. The minimum absolute atomic E-state index is 0.603. The topological polar surface area (TPSA) is 12.9 Å². The molecule has 0 bridgehead atoms. The van der Waals surface area contributed by atoms with Crippen LogP contribution < -0.4 is 0 Å². The molecule has 0 N–H and O–H groups in total. The predicted molar refractivity (Wildman–Crippen MR) is 55.1 cm³/mol. The molecule has 2 rings (SSSR count). The molecular weight excluding hydrogens is 182 g/mol. The van der Waals surface area contributed by atoms with E-state index in [0.717, 1.165) is 0 Å². The van der Waals surface area contributed by atoms with Gasteiger partial charge in [-0.15, -0.1) is 11.6 Å². The summed E-state index contributed by atoms with van der Waals surface area (Å²) in [5.74, 6) is 1.29. The standard InChI is InChI=1S/C11H14ClN/c1-8-5-6-13-11(10(8)7-12)9-3-2-4-9/h5-6,9H,2-4,7H2,1H3. The van der Waals surface area contributed by atoms with Gasteiger partial charge in [0.05, 0.1) is 0 Å². The van der Waals surface area contributed by atoms with E-state index in [4.69, 9.17) is 11.6 Å². The van der Waals surface area contributed by atoms with Crippen LogP contribution in [0.15, 0.2) is 12.3 Å². The summed E-state index contributed by atoms with van der Waals surface area (Å²) in [6.07, 6.45) is 5.84. The Hall–Kier alpha value is -0.560. The summed E-state index contributed by atoms with van der Waals surface area (Å²) in [5.41, 5.74) is 3.79. The van der Waals surface area contributed by atoms with Gasteiger partial charge < -0.3 is 0 Å². The maximum Gasteiger partial charge on any atom is 0.0494 e. The highest BCUT2D eigenvalue weighted by atomic mass is 35.5. The van der Waals surface area contributed by atoms with Gasteiger partial charge in [0.2, 0.25) is 0 Å². The van der Waals surface area contributed by atoms with Crippen molar-refractivity contribution in [3.05, 3.63) is 29.1 Å². The Kier molecular flexibility index (Phi) is 2.54. The summed E-state index contributed by atoms with van der Waals surface area (Å²) < 4.78 is 0. The Morgan fingerprint density at radius 3 is 2.85 bits per heavy atom. The fourth-order valence-corrected chi connectivity index (χ4v) is 2.16.